The zero-order valence-corrected chi connectivity index (χ0v) is 12.8. The molecule has 0 saturated carbocycles. The number of carboxylic acid groups (broad SMARTS) is 1. The van der Waals surface area contributed by atoms with Gasteiger partial charge in [0.15, 0.2) is 0 Å². The third kappa shape index (κ3) is 1.93. The second kappa shape index (κ2) is 4.91. The molecule has 2 saturated heterocycles. The molecule has 3 heterocycles. The van der Waals surface area contributed by atoms with Crippen molar-refractivity contribution in [1.82, 2.24) is 9.97 Å². The van der Waals surface area contributed by atoms with Crippen molar-refractivity contribution in [1.29, 1.82) is 0 Å². The molecule has 2 aliphatic heterocycles. The summed E-state index contributed by atoms with van der Waals surface area (Å²) in [6, 6.07) is 0. The maximum absolute atomic E-state index is 11.8. The monoisotopic (exact) mass is 303 g/mol. The van der Waals surface area contributed by atoms with Gasteiger partial charge in [0.1, 0.15) is 5.41 Å². The molecule has 6 nitrogen and oxygen atoms in total. The molecule has 0 radical (unpaired) electrons. The van der Waals surface area contributed by atoms with Gasteiger partial charge >= 0.3 is 5.97 Å². The van der Waals surface area contributed by atoms with E-state index >= 15 is 0 Å². The quantitative estimate of drug-likeness (QED) is 0.885. The van der Waals surface area contributed by atoms with E-state index in [4.69, 9.17) is 9.72 Å². The Morgan fingerprint density at radius 1 is 1.41 bits per heavy atom. The van der Waals surface area contributed by atoms with Gasteiger partial charge in [-0.2, -0.15) is 0 Å². The minimum absolute atomic E-state index is 0.121. The Morgan fingerprint density at radius 3 is 3.05 bits per heavy atom. The van der Waals surface area contributed by atoms with Gasteiger partial charge in [0.25, 0.3) is 0 Å². The highest BCUT2D eigenvalue weighted by atomic mass is 16.5. The summed E-state index contributed by atoms with van der Waals surface area (Å²) in [5, 5.41) is 9.73. The van der Waals surface area contributed by atoms with E-state index in [9.17, 15) is 9.90 Å². The highest BCUT2D eigenvalue weighted by Crippen LogP contribution is 2.42. The Kier molecular flexibility index (Phi) is 3.11. The van der Waals surface area contributed by atoms with Crippen LogP contribution in [0.25, 0.3) is 0 Å². The molecule has 118 valence electrons. The van der Waals surface area contributed by atoms with Crippen LogP contribution in [-0.4, -0.2) is 47.3 Å². The lowest BCUT2D eigenvalue weighted by Crippen LogP contribution is -2.46. The van der Waals surface area contributed by atoms with Crippen molar-refractivity contribution in [3.8, 4) is 0 Å². The molecule has 4 rings (SSSR count). The first-order chi connectivity index (χ1) is 10.6. The van der Waals surface area contributed by atoms with Gasteiger partial charge in [0.05, 0.1) is 6.61 Å². The summed E-state index contributed by atoms with van der Waals surface area (Å²) in [5.74, 6) is 0.0710. The number of hydrogen-bond donors (Lipinski definition) is 1. The zero-order chi connectivity index (χ0) is 15.3. The van der Waals surface area contributed by atoms with Crippen molar-refractivity contribution in [3.63, 3.8) is 0 Å². The molecule has 1 aromatic heterocycles. The van der Waals surface area contributed by atoms with Crippen LogP contribution in [0.1, 0.15) is 29.8 Å². The number of fused-ring (bicyclic) bond motifs is 2. The smallest absolute Gasteiger partial charge is 0.314 e. The third-order valence-corrected chi connectivity index (χ3v) is 5.50. The number of nitrogens with zero attached hydrogens (tertiary/aromatic N) is 3. The third-order valence-electron chi connectivity index (χ3n) is 5.50. The van der Waals surface area contributed by atoms with Gasteiger partial charge in [-0.3, -0.25) is 4.79 Å². The van der Waals surface area contributed by atoms with Gasteiger partial charge in [-0.05, 0) is 44.1 Å². The SMILES string of the molecule is Cc1nc(N2C[C@@H]3CCOC[C@]3(C(=O)O)C2)nc2c1CCC2. The molecule has 0 aromatic carbocycles. The maximum atomic E-state index is 11.8. The van der Waals surface area contributed by atoms with Crippen molar-refractivity contribution in [2.24, 2.45) is 11.3 Å². The second-order valence-corrected chi connectivity index (χ2v) is 6.77. The lowest BCUT2D eigenvalue weighted by atomic mass is 9.76. The topological polar surface area (TPSA) is 75.6 Å². The number of hydrogen-bond acceptors (Lipinski definition) is 5. The molecule has 0 bridgehead atoms. The van der Waals surface area contributed by atoms with Crippen LogP contribution in [0.4, 0.5) is 5.95 Å². The van der Waals surface area contributed by atoms with Gasteiger partial charge in [-0.15, -0.1) is 0 Å². The zero-order valence-electron chi connectivity index (χ0n) is 12.8. The Balaban J connectivity index is 1.67. The molecule has 0 unspecified atom stereocenters. The van der Waals surface area contributed by atoms with Crippen molar-refractivity contribution in [3.05, 3.63) is 17.0 Å². The number of aryl methyl sites for hydroxylation is 2. The molecule has 1 N–H and O–H groups in total. The number of aliphatic carboxylic acids is 1. The highest BCUT2D eigenvalue weighted by molar-refractivity contribution is 5.77. The number of aromatic nitrogens is 2. The second-order valence-electron chi connectivity index (χ2n) is 6.77. The fraction of sp³-hybridized carbons (Fsp3) is 0.688. The van der Waals surface area contributed by atoms with Crippen LogP contribution >= 0.6 is 0 Å². The Labute approximate surface area is 129 Å². The van der Waals surface area contributed by atoms with Crippen molar-refractivity contribution in [2.45, 2.75) is 32.6 Å². The van der Waals surface area contributed by atoms with E-state index in [-0.39, 0.29) is 5.92 Å². The van der Waals surface area contributed by atoms with Crippen LogP contribution in [0.3, 0.4) is 0 Å². The number of carboxylic acids is 1. The minimum atomic E-state index is -0.797. The van der Waals surface area contributed by atoms with Crippen molar-refractivity contribution < 1.29 is 14.6 Å². The average molecular weight is 303 g/mol. The summed E-state index contributed by atoms with van der Waals surface area (Å²) in [6.45, 7) is 4.15. The molecule has 0 amide bonds. The van der Waals surface area contributed by atoms with E-state index in [1.54, 1.807) is 0 Å². The van der Waals surface area contributed by atoms with Gasteiger partial charge in [0.2, 0.25) is 5.95 Å². The standard InChI is InChI=1S/C16H21N3O3/c1-10-12-3-2-4-13(12)18-15(17-10)19-7-11-5-6-22-9-16(11,8-19)14(20)21/h11H,2-9H2,1H3,(H,20,21)/t11-,16+/m0/s1. The van der Waals surface area contributed by atoms with Crippen LogP contribution in [0, 0.1) is 18.3 Å². The molecule has 2 fully saturated rings. The predicted octanol–water partition coefficient (Wildman–Crippen LogP) is 1.20. The van der Waals surface area contributed by atoms with E-state index in [1.807, 2.05) is 6.92 Å². The molecule has 2 atom stereocenters. The first kappa shape index (κ1) is 13.9. The van der Waals surface area contributed by atoms with E-state index in [1.165, 1.54) is 5.56 Å². The first-order valence-electron chi connectivity index (χ1n) is 8.02. The van der Waals surface area contributed by atoms with Crippen LogP contribution in [0.5, 0.6) is 0 Å². The number of rotatable bonds is 2. The fourth-order valence-electron chi connectivity index (χ4n) is 4.19. The summed E-state index contributed by atoms with van der Waals surface area (Å²) in [6.07, 6.45) is 4.02. The number of carbonyl (C=O) groups is 1. The number of anilines is 1. The summed E-state index contributed by atoms with van der Waals surface area (Å²) in [5.41, 5.74) is 2.69. The highest BCUT2D eigenvalue weighted by Gasteiger charge is 2.54. The average Bonchev–Trinajstić information content (AvgIpc) is 3.11. The van der Waals surface area contributed by atoms with Crippen molar-refractivity contribution in [2.75, 3.05) is 31.2 Å². The van der Waals surface area contributed by atoms with E-state index in [2.05, 4.69) is 9.88 Å². The van der Waals surface area contributed by atoms with Gasteiger partial charge < -0.3 is 14.7 Å². The van der Waals surface area contributed by atoms with Gasteiger partial charge in [-0.1, -0.05) is 0 Å². The van der Waals surface area contributed by atoms with E-state index < -0.39 is 11.4 Å². The lowest BCUT2D eigenvalue weighted by molar-refractivity contribution is -0.159. The predicted molar refractivity (Wildman–Crippen MR) is 80.0 cm³/mol. The number of ether oxygens (including phenoxy) is 1. The van der Waals surface area contributed by atoms with E-state index in [0.717, 1.165) is 37.1 Å². The minimum Gasteiger partial charge on any atom is -0.481 e. The molecular weight excluding hydrogens is 282 g/mol. The van der Waals surface area contributed by atoms with Gasteiger partial charge in [0, 0.05) is 31.1 Å². The molecule has 3 aliphatic rings. The normalized spacial score (nSPS) is 30.2. The van der Waals surface area contributed by atoms with Crippen molar-refractivity contribution >= 4 is 11.9 Å². The summed E-state index contributed by atoms with van der Waals surface area (Å²) < 4.78 is 5.48. The molecular formula is C16H21N3O3. The van der Waals surface area contributed by atoms with E-state index in [0.29, 0.717) is 32.3 Å². The Morgan fingerprint density at radius 2 is 2.27 bits per heavy atom. The summed E-state index contributed by atoms with van der Waals surface area (Å²) in [4.78, 5) is 23.3. The van der Waals surface area contributed by atoms with Crippen LogP contribution in [0.15, 0.2) is 0 Å². The van der Waals surface area contributed by atoms with Crippen LogP contribution in [0.2, 0.25) is 0 Å². The molecule has 0 spiro atoms. The van der Waals surface area contributed by atoms with Crippen LogP contribution in [-0.2, 0) is 22.4 Å². The molecule has 22 heavy (non-hydrogen) atoms. The van der Waals surface area contributed by atoms with Crippen LogP contribution < -0.4 is 4.90 Å². The fourth-order valence-corrected chi connectivity index (χ4v) is 4.19. The molecule has 1 aliphatic carbocycles. The Hall–Kier alpha value is -1.69. The largest absolute Gasteiger partial charge is 0.481 e. The maximum Gasteiger partial charge on any atom is 0.314 e. The lowest BCUT2D eigenvalue weighted by Gasteiger charge is -2.33. The summed E-state index contributed by atoms with van der Waals surface area (Å²) in [7, 11) is 0. The van der Waals surface area contributed by atoms with Gasteiger partial charge in [-0.25, -0.2) is 9.97 Å². The Bertz CT molecular complexity index is 633. The molecule has 1 aromatic rings. The summed E-state index contributed by atoms with van der Waals surface area (Å²) >= 11 is 0. The molecule has 6 heteroatoms. The first-order valence-corrected chi connectivity index (χ1v) is 8.02.